The predicted molar refractivity (Wildman–Crippen MR) is 70.4 cm³/mol. The summed E-state index contributed by atoms with van der Waals surface area (Å²) >= 11 is 3.35. The van der Waals surface area contributed by atoms with Crippen LogP contribution in [0.5, 0.6) is 0 Å². The van der Waals surface area contributed by atoms with Crippen molar-refractivity contribution in [2.45, 2.75) is 13.5 Å². The quantitative estimate of drug-likeness (QED) is 0.925. The number of aryl methyl sites for hydroxylation is 1. The summed E-state index contributed by atoms with van der Waals surface area (Å²) < 4.78 is 26.9. The van der Waals surface area contributed by atoms with Crippen molar-refractivity contribution in [2.75, 3.05) is 5.32 Å². The van der Waals surface area contributed by atoms with Crippen molar-refractivity contribution >= 4 is 21.7 Å². The van der Waals surface area contributed by atoms with E-state index in [4.69, 9.17) is 0 Å². The fourth-order valence-corrected chi connectivity index (χ4v) is 1.77. The number of rotatable bonds is 3. The van der Waals surface area contributed by atoms with Gasteiger partial charge in [-0.3, -0.25) is 0 Å². The van der Waals surface area contributed by atoms with Crippen molar-refractivity contribution in [3.05, 3.63) is 57.7 Å². The van der Waals surface area contributed by atoms with Gasteiger partial charge in [0.15, 0.2) is 0 Å². The molecule has 94 valence electrons. The Morgan fingerprint density at radius 1 is 1.17 bits per heavy atom. The Labute approximate surface area is 112 Å². The van der Waals surface area contributed by atoms with Crippen LogP contribution in [0.2, 0.25) is 0 Å². The fourth-order valence-electron chi connectivity index (χ4n) is 1.55. The summed E-state index contributed by atoms with van der Waals surface area (Å²) in [7, 11) is 0. The van der Waals surface area contributed by atoms with Crippen LogP contribution in [-0.4, -0.2) is 4.98 Å². The van der Waals surface area contributed by atoms with Crippen molar-refractivity contribution < 1.29 is 8.78 Å². The molecule has 2 aromatic rings. The molecular formula is C13H11BrF2N2. The summed E-state index contributed by atoms with van der Waals surface area (Å²) in [4.78, 5) is 4.29. The molecule has 18 heavy (non-hydrogen) atoms. The van der Waals surface area contributed by atoms with E-state index in [0.717, 1.165) is 16.2 Å². The van der Waals surface area contributed by atoms with Crippen LogP contribution in [0.3, 0.4) is 0 Å². The first-order valence-electron chi connectivity index (χ1n) is 5.36. The SMILES string of the molecule is Cc1nc(NCc2cc(F)cc(F)c2)ccc1Br. The van der Waals surface area contributed by atoms with Crippen LogP contribution in [-0.2, 0) is 6.54 Å². The van der Waals surface area contributed by atoms with Crippen LogP contribution in [0.15, 0.2) is 34.8 Å². The van der Waals surface area contributed by atoms with E-state index in [9.17, 15) is 8.78 Å². The first-order chi connectivity index (χ1) is 8.54. The van der Waals surface area contributed by atoms with Crippen LogP contribution in [0.1, 0.15) is 11.3 Å². The number of pyridine rings is 1. The van der Waals surface area contributed by atoms with E-state index < -0.39 is 11.6 Å². The summed E-state index contributed by atoms with van der Waals surface area (Å²) in [5.74, 6) is -0.487. The first kappa shape index (κ1) is 13.0. The molecule has 0 fully saturated rings. The summed E-state index contributed by atoms with van der Waals surface area (Å²) in [6, 6.07) is 7.11. The van der Waals surface area contributed by atoms with Crippen LogP contribution in [0.25, 0.3) is 0 Å². The number of benzene rings is 1. The van der Waals surface area contributed by atoms with Crippen LogP contribution in [0, 0.1) is 18.6 Å². The molecular weight excluding hydrogens is 302 g/mol. The van der Waals surface area contributed by atoms with E-state index in [1.54, 1.807) is 6.07 Å². The first-order valence-corrected chi connectivity index (χ1v) is 6.16. The van der Waals surface area contributed by atoms with Crippen LogP contribution in [0.4, 0.5) is 14.6 Å². The zero-order chi connectivity index (χ0) is 13.1. The Kier molecular flexibility index (Phi) is 3.91. The Morgan fingerprint density at radius 2 is 1.83 bits per heavy atom. The molecule has 2 rings (SSSR count). The summed E-state index contributed by atoms with van der Waals surface area (Å²) in [6.07, 6.45) is 0. The number of hydrogen-bond acceptors (Lipinski definition) is 2. The largest absolute Gasteiger partial charge is 0.366 e. The van der Waals surface area contributed by atoms with Gasteiger partial charge in [0.1, 0.15) is 17.5 Å². The van der Waals surface area contributed by atoms with E-state index in [1.165, 1.54) is 12.1 Å². The molecule has 1 aromatic carbocycles. The molecule has 0 radical (unpaired) electrons. The Hall–Kier alpha value is -1.49. The van der Waals surface area contributed by atoms with Gasteiger partial charge in [-0.15, -0.1) is 0 Å². The fraction of sp³-hybridized carbons (Fsp3) is 0.154. The third-order valence-corrected chi connectivity index (χ3v) is 3.26. The molecule has 0 atom stereocenters. The summed E-state index contributed by atoms with van der Waals surface area (Å²) in [5.41, 5.74) is 1.39. The third kappa shape index (κ3) is 3.26. The van der Waals surface area contributed by atoms with Gasteiger partial charge >= 0.3 is 0 Å². The zero-order valence-corrected chi connectivity index (χ0v) is 11.3. The van der Waals surface area contributed by atoms with Gasteiger partial charge in [0.2, 0.25) is 0 Å². The van der Waals surface area contributed by atoms with Crippen LogP contribution >= 0.6 is 15.9 Å². The minimum Gasteiger partial charge on any atom is -0.366 e. The predicted octanol–water partition coefficient (Wildman–Crippen LogP) is 4.04. The molecule has 0 aliphatic carbocycles. The highest BCUT2D eigenvalue weighted by Crippen LogP contribution is 2.17. The number of halogens is 3. The van der Waals surface area contributed by atoms with Gasteiger partial charge < -0.3 is 5.32 Å². The monoisotopic (exact) mass is 312 g/mol. The Balaban J connectivity index is 2.08. The molecule has 0 aliphatic heterocycles. The standard InChI is InChI=1S/C13H11BrF2N2/c1-8-12(14)2-3-13(18-8)17-7-9-4-10(15)6-11(16)5-9/h2-6H,7H2,1H3,(H,17,18). The highest BCUT2D eigenvalue weighted by molar-refractivity contribution is 9.10. The molecule has 0 aliphatic rings. The third-order valence-electron chi connectivity index (χ3n) is 2.42. The molecule has 0 saturated heterocycles. The highest BCUT2D eigenvalue weighted by Gasteiger charge is 2.02. The lowest BCUT2D eigenvalue weighted by molar-refractivity contribution is 0.580. The molecule has 1 heterocycles. The topological polar surface area (TPSA) is 24.9 Å². The van der Waals surface area contributed by atoms with Gasteiger partial charge in [-0.25, -0.2) is 13.8 Å². The number of nitrogens with one attached hydrogen (secondary N) is 1. The van der Waals surface area contributed by atoms with E-state index in [-0.39, 0.29) is 0 Å². The zero-order valence-electron chi connectivity index (χ0n) is 9.67. The minimum atomic E-state index is -0.577. The van der Waals surface area contributed by atoms with Crippen molar-refractivity contribution in [1.82, 2.24) is 4.98 Å². The van der Waals surface area contributed by atoms with E-state index in [0.29, 0.717) is 17.9 Å². The molecule has 0 unspecified atom stereocenters. The van der Waals surface area contributed by atoms with Gasteiger partial charge in [-0.2, -0.15) is 0 Å². The van der Waals surface area contributed by atoms with Crippen molar-refractivity contribution in [3.63, 3.8) is 0 Å². The van der Waals surface area contributed by atoms with Gasteiger partial charge in [0.05, 0.1) is 5.69 Å². The van der Waals surface area contributed by atoms with E-state index in [1.807, 2.05) is 13.0 Å². The van der Waals surface area contributed by atoms with Gasteiger partial charge in [0, 0.05) is 17.1 Å². The number of anilines is 1. The lowest BCUT2D eigenvalue weighted by atomic mass is 10.2. The second-order valence-electron chi connectivity index (χ2n) is 3.89. The van der Waals surface area contributed by atoms with Gasteiger partial charge in [0.25, 0.3) is 0 Å². The molecule has 1 aromatic heterocycles. The molecule has 0 spiro atoms. The number of hydrogen-bond donors (Lipinski definition) is 1. The van der Waals surface area contributed by atoms with Crippen molar-refractivity contribution in [1.29, 1.82) is 0 Å². The molecule has 1 N–H and O–H groups in total. The molecule has 2 nitrogen and oxygen atoms in total. The number of nitrogens with zero attached hydrogens (tertiary/aromatic N) is 1. The van der Waals surface area contributed by atoms with Crippen LogP contribution < -0.4 is 5.32 Å². The van der Waals surface area contributed by atoms with E-state index >= 15 is 0 Å². The Bertz CT molecular complexity index is 553. The average molecular weight is 313 g/mol. The summed E-state index contributed by atoms with van der Waals surface area (Å²) in [5, 5.41) is 3.02. The average Bonchev–Trinajstić information content (AvgIpc) is 2.29. The molecule has 0 bridgehead atoms. The maximum Gasteiger partial charge on any atom is 0.126 e. The molecule has 5 heteroatoms. The number of aromatic nitrogens is 1. The van der Waals surface area contributed by atoms with E-state index in [2.05, 4.69) is 26.2 Å². The minimum absolute atomic E-state index is 0.322. The van der Waals surface area contributed by atoms with Crippen molar-refractivity contribution in [2.24, 2.45) is 0 Å². The maximum atomic E-state index is 13.0. The second-order valence-corrected chi connectivity index (χ2v) is 4.75. The normalized spacial score (nSPS) is 10.4. The molecule has 0 amide bonds. The maximum absolute atomic E-state index is 13.0. The summed E-state index contributed by atoms with van der Waals surface area (Å²) in [6.45, 7) is 2.19. The second kappa shape index (κ2) is 5.44. The van der Waals surface area contributed by atoms with Gasteiger partial charge in [-0.05, 0) is 52.7 Å². The lowest BCUT2D eigenvalue weighted by Crippen LogP contribution is -2.03. The smallest absolute Gasteiger partial charge is 0.126 e. The highest BCUT2D eigenvalue weighted by atomic mass is 79.9. The van der Waals surface area contributed by atoms with Gasteiger partial charge in [-0.1, -0.05) is 0 Å². The van der Waals surface area contributed by atoms with Crippen molar-refractivity contribution in [3.8, 4) is 0 Å². The molecule has 0 saturated carbocycles. The lowest BCUT2D eigenvalue weighted by Gasteiger charge is -2.07. The Morgan fingerprint density at radius 3 is 2.44 bits per heavy atom.